The second kappa shape index (κ2) is 5.83. The molecular weight excluding hydrogens is 316 g/mol. The number of nitro groups is 1. The number of rotatable bonds is 3. The summed E-state index contributed by atoms with van der Waals surface area (Å²) in [6, 6.07) is 13.8. The molecule has 2 aromatic rings. The van der Waals surface area contributed by atoms with Crippen molar-refractivity contribution in [1.82, 2.24) is 4.31 Å². The number of non-ortho nitro benzene ring substituents is 1. The first-order chi connectivity index (χ1) is 11.0. The average molecular weight is 328 g/mol. The topological polar surface area (TPSA) is 80.3 Å². The first-order valence-corrected chi connectivity index (χ1v) is 8.25. The van der Waals surface area contributed by atoms with Gasteiger partial charge < -0.3 is 0 Å². The van der Waals surface area contributed by atoms with Crippen molar-refractivity contribution in [2.24, 2.45) is 0 Å². The van der Waals surface area contributed by atoms with Crippen molar-refractivity contribution in [1.29, 1.82) is 0 Å². The van der Waals surface area contributed by atoms with E-state index in [-0.39, 0.29) is 16.6 Å². The third-order valence-corrected chi connectivity index (χ3v) is 5.27. The van der Waals surface area contributed by atoms with Crippen LogP contribution < -0.4 is 0 Å². The highest BCUT2D eigenvalue weighted by Crippen LogP contribution is 2.28. The summed E-state index contributed by atoms with van der Waals surface area (Å²) in [7, 11) is -3.65. The fourth-order valence-corrected chi connectivity index (χ4v) is 3.55. The summed E-state index contributed by atoms with van der Waals surface area (Å²) in [4.78, 5) is 10.1. The van der Waals surface area contributed by atoms with E-state index < -0.39 is 14.9 Å². The van der Waals surface area contributed by atoms with Gasteiger partial charge in [0.25, 0.3) is 5.69 Å². The smallest absolute Gasteiger partial charge is 0.258 e. The molecule has 0 spiro atoms. The normalized spacial score (nSPS) is 19.5. The van der Waals surface area contributed by atoms with Crippen molar-refractivity contribution >= 4 is 15.7 Å². The predicted octanol–water partition coefficient (Wildman–Crippen LogP) is 2.02. The minimum atomic E-state index is -3.65. The van der Waals surface area contributed by atoms with E-state index >= 15 is 0 Å². The lowest BCUT2D eigenvalue weighted by molar-refractivity contribution is -0.384. The van der Waals surface area contributed by atoms with Gasteiger partial charge in [0.1, 0.15) is 6.04 Å². The summed E-state index contributed by atoms with van der Waals surface area (Å²) in [5, 5.41) is 10.6. The molecule has 1 unspecified atom stereocenters. The molecule has 2 aromatic carbocycles. The summed E-state index contributed by atoms with van der Waals surface area (Å²) in [5.74, 6) is 5.86. The third kappa shape index (κ3) is 3.23. The van der Waals surface area contributed by atoms with Crippen molar-refractivity contribution in [3.63, 3.8) is 0 Å². The summed E-state index contributed by atoms with van der Waals surface area (Å²) >= 11 is 0. The van der Waals surface area contributed by atoms with Crippen LogP contribution in [0, 0.1) is 22.0 Å². The molecule has 0 radical (unpaired) electrons. The van der Waals surface area contributed by atoms with Crippen LogP contribution in [-0.2, 0) is 10.0 Å². The maximum atomic E-state index is 12.4. The van der Waals surface area contributed by atoms with Crippen LogP contribution >= 0.6 is 0 Å². The van der Waals surface area contributed by atoms with Crippen LogP contribution in [0.1, 0.15) is 5.56 Å². The molecule has 0 N–H and O–H groups in total. The molecule has 2 atom stereocenters. The standard InChI is InChI=1S/C16H12N2O4S/c19-18(20)14-8-10-16(11-9-14)23(21,22)17-12-15(17)7-6-13-4-2-1-3-5-13/h1-5,8-11,15H,12H2/t15-,17?/m0/s1. The molecule has 0 aromatic heterocycles. The lowest BCUT2D eigenvalue weighted by Gasteiger charge is -2.04. The van der Waals surface area contributed by atoms with Gasteiger partial charge in [0, 0.05) is 24.2 Å². The quantitative estimate of drug-likeness (QED) is 0.374. The predicted molar refractivity (Wildman–Crippen MR) is 84.1 cm³/mol. The molecule has 1 heterocycles. The molecule has 0 amide bonds. The molecule has 1 aliphatic rings. The van der Waals surface area contributed by atoms with Gasteiger partial charge in [-0.1, -0.05) is 30.0 Å². The first-order valence-electron chi connectivity index (χ1n) is 6.81. The highest BCUT2D eigenvalue weighted by atomic mass is 32.2. The SMILES string of the molecule is O=[N+]([O-])c1ccc(S(=O)(=O)N2C[C@@H]2C#Cc2ccccc2)cc1. The molecule has 23 heavy (non-hydrogen) atoms. The first kappa shape index (κ1) is 15.2. The lowest BCUT2D eigenvalue weighted by atomic mass is 10.2. The molecule has 116 valence electrons. The molecule has 3 rings (SSSR count). The molecule has 1 fully saturated rings. The van der Waals surface area contributed by atoms with Crippen LogP contribution in [0.25, 0.3) is 0 Å². The monoisotopic (exact) mass is 328 g/mol. The maximum absolute atomic E-state index is 12.4. The van der Waals surface area contributed by atoms with E-state index in [1.807, 2.05) is 30.3 Å². The van der Waals surface area contributed by atoms with Crippen LogP contribution in [0.4, 0.5) is 5.69 Å². The van der Waals surface area contributed by atoms with Crippen molar-refractivity contribution in [3.05, 3.63) is 70.3 Å². The van der Waals surface area contributed by atoms with E-state index in [1.165, 1.54) is 28.6 Å². The Morgan fingerprint density at radius 2 is 1.74 bits per heavy atom. The fourth-order valence-electron chi connectivity index (χ4n) is 2.07. The minimum absolute atomic E-state index is 0.0344. The minimum Gasteiger partial charge on any atom is -0.258 e. The van der Waals surface area contributed by atoms with Crippen molar-refractivity contribution in [3.8, 4) is 11.8 Å². The maximum Gasteiger partial charge on any atom is 0.269 e. The molecule has 0 saturated carbocycles. The fraction of sp³-hybridized carbons (Fsp3) is 0.125. The number of hydrogen-bond donors (Lipinski definition) is 0. The summed E-state index contributed by atoms with van der Waals surface area (Å²) < 4.78 is 26.0. The van der Waals surface area contributed by atoms with E-state index in [4.69, 9.17) is 0 Å². The zero-order valence-electron chi connectivity index (χ0n) is 11.9. The van der Waals surface area contributed by atoms with Gasteiger partial charge in [-0.25, -0.2) is 8.42 Å². The molecule has 1 aliphatic heterocycles. The van der Waals surface area contributed by atoms with E-state index in [9.17, 15) is 18.5 Å². The van der Waals surface area contributed by atoms with Crippen LogP contribution in [0.5, 0.6) is 0 Å². The highest BCUT2D eigenvalue weighted by molar-refractivity contribution is 7.89. The average Bonchev–Trinajstić information content (AvgIpc) is 3.34. The van der Waals surface area contributed by atoms with Crippen LogP contribution in [0.2, 0.25) is 0 Å². The van der Waals surface area contributed by atoms with Gasteiger partial charge in [0.05, 0.1) is 9.82 Å². The number of nitrogens with zero attached hydrogens (tertiary/aromatic N) is 2. The summed E-state index contributed by atoms with van der Waals surface area (Å²) in [6.45, 7) is 0.332. The Kier molecular flexibility index (Phi) is 3.86. The van der Waals surface area contributed by atoms with Gasteiger partial charge in [-0.15, -0.1) is 0 Å². The zero-order chi connectivity index (χ0) is 16.4. The second-order valence-corrected chi connectivity index (χ2v) is 6.87. The van der Waals surface area contributed by atoms with Crippen molar-refractivity contribution < 1.29 is 13.3 Å². The second-order valence-electron chi connectivity index (χ2n) is 4.98. The number of sulfonamides is 1. The zero-order valence-corrected chi connectivity index (χ0v) is 12.7. The Labute approximate surface area is 133 Å². The lowest BCUT2D eigenvalue weighted by Crippen LogP contribution is -2.14. The summed E-state index contributed by atoms with van der Waals surface area (Å²) in [5.41, 5.74) is 0.683. The highest BCUT2D eigenvalue weighted by Gasteiger charge is 2.43. The number of nitro benzene ring substituents is 1. The Morgan fingerprint density at radius 1 is 1.09 bits per heavy atom. The third-order valence-electron chi connectivity index (χ3n) is 3.38. The molecular formula is C16H12N2O4S. The number of benzene rings is 2. The van der Waals surface area contributed by atoms with E-state index in [0.29, 0.717) is 6.54 Å². The Bertz CT molecular complexity index is 897. The van der Waals surface area contributed by atoms with E-state index in [0.717, 1.165) is 5.56 Å². The molecule has 6 nitrogen and oxygen atoms in total. The Balaban J connectivity index is 1.75. The number of hydrogen-bond acceptors (Lipinski definition) is 4. The molecule has 1 saturated heterocycles. The molecule has 0 bridgehead atoms. The Morgan fingerprint density at radius 3 is 2.35 bits per heavy atom. The van der Waals surface area contributed by atoms with Gasteiger partial charge in [0.15, 0.2) is 0 Å². The van der Waals surface area contributed by atoms with Gasteiger partial charge in [0.2, 0.25) is 10.0 Å². The van der Waals surface area contributed by atoms with Crippen molar-refractivity contribution in [2.75, 3.05) is 6.54 Å². The van der Waals surface area contributed by atoms with Gasteiger partial charge in [-0.2, -0.15) is 4.31 Å². The molecule has 0 aliphatic carbocycles. The van der Waals surface area contributed by atoms with Gasteiger partial charge >= 0.3 is 0 Å². The van der Waals surface area contributed by atoms with Crippen LogP contribution in [-0.4, -0.2) is 30.2 Å². The Hall–Kier alpha value is -2.69. The van der Waals surface area contributed by atoms with Gasteiger partial charge in [-0.05, 0) is 24.3 Å². The van der Waals surface area contributed by atoms with Crippen LogP contribution in [0.15, 0.2) is 59.5 Å². The van der Waals surface area contributed by atoms with E-state index in [2.05, 4.69) is 11.8 Å². The van der Waals surface area contributed by atoms with Gasteiger partial charge in [-0.3, -0.25) is 10.1 Å². The molecule has 7 heteroatoms. The summed E-state index contributed by atoms with van der Waals surface area (Å²) in [6.07, 6.45) is 0. The van der Waals surface area contributed by atoms with Crippen LogP contribution in [0.3, 0.4) is 0 Å². The largest absolute Gasteiger partial charge is 0.269 e. The van der Waals surface area contributed by atoms with E-state index in [1.54, 1.807) is 0 Å². The van der Waals surface area contributed by atoms with Crippen molar-refractivity contribution in [2.45, 2.75) is 10.9 Å².